The Balaban J connectivity index is 1.51. The monoisotopic (exact) mass is 388 g/mol. The van der Waals surface area contributed by atoms with Crippen molar-refractivity contribution in [2.24, 2.45) is 5.92 Å². The molecule has 0 amide bonds. The lowest BCUT2D eigenvalue weighted by Crippen LogP contribution is -2.21. The number of thioether (sulfide) groups is 2. The van der Waals surface area contributed by atoms with Gasteiger partial charge in [-0.05, 0) is 49.4 Å². The van der Waals surface area contributed by atoms with E-state index in [1.807, 2.05) is 11.8 Å². The third-order valence-corrected chi connectivity index (χ3v) is 7.70. The van der Waals surface area contributed by atoms with Gasteiger partial charge >= 0.3 is 0 Å². The first-order valence-electron chi connectivity index (χ1n) is 8.96. The average molecular weight is 389 g/mol. The zero-order valence-corrected chi connectivity index (χ0v) is 16.5. The summed E-state index contributed by atoms with van der Waals surface area (Å²) in [7, 11) is 0. The van der Waals surface area contributed by atoms with Gasteiger partial charge in [-0.3, -0.25) is 4.79 Å². The minimum Gasteiger partial charge on any atom is -0.293 e. The fraction of sp³-hybridized carbons (Fsp3) is 0.450. The van der Waals surface area contributed by atoms with E-state index in [0.29, 0.717) is 28.0 Å². The molecule has 3 atom stereocenters. The summed E-state index contributed by atoms with van der Waals surface area (Å²) in [6, 6.07) is 4.54. The second kappa shape index (κ2) is 7.31. The lowest BCUT2D eigenvalue weighted by atomic mass is 9.80. The molecule has 2 heterocycles. The SMILES string of the molecule is Cc1cc(C(=O)CSc2ncnc3c2C2CCC(C)CC2S3)ccc1F. The van der Waals surface area contributed by atoms with Gasteiger partial charge in [-0.25, -0.2) is 14.4 Å². The maximum Gasteiger partial charge on any atom is 0.173 e. The van der Waals surface area contributed by atoms with Gasteiger partial charge in [0, 0.05) is 22.3 Å². The summed E-state index contributed by atoms with van der Waals surface area (Å²) in [5.41, 5.74) is 2.31. The number of ketones is 1. The number of benzene rings is 1. The van der Waals surface area contributed by atoms with Crippen molar-refractivity contribution in [3.05, 3.63) is 47.0 Å². The van der Waals surface area contributed by atoms with Crippen LogP contribution in [-0.4, -0.2) is 26.8 Å². The molecule has 0 radical (unpaired) electrons. The number of nitrogens with zero attached hydrogens (tertiary/aromatic N) is 2. The van der Waals surface area contributed by atoms with Crippen molar-refractivity contribution in [3.8, 4) is 0 Å². The number of rotatable bonds is 4. The Hall–Kier alpha value is -1.40. The van der Waals surface area contributed by atoms with Crippen LogP contribution in [0.3, 0.4) is 0 Å². The number of aromatic nitrogens is 2. The van der Waals surface area contributed by atoms with Crippen LogP contribution in [0.2, 0.25) is 0 Å². The number of hydrogen-bond acceptors (Lipinski definition) is 5. The molecule has 3 unspecified atom stereocenters. The molecule has 0 bridgehead atoms. The number of Topliss-reactive ketones (excluding diaryl/α,β-unsaturated/α-hetero) is 1. The van der Waals surface area contributed by atoms with Gasteiger partial charge < -0.3 is 0 Å². The number of aryl methyl sites for hydroxylation is 1. The fourth-order valence-electron chi connectivity index (χ4n) is 3.86. The molecule has 2 aromatic rings. The Morgan fingerprint density at radius 2 is 2.19 bits per heavy atom. The Labute approximate surface area is 161 Å². The summed E-state index contributed by atoms with van der Waals surface area (Å²) in [6.07, 6.45) is 5.26. The molecule has 1 aromatic carbocycles. The summed E-state index contributed by atoms with van der Waals surface area (Å²) >= 11 is 3.37. The molecule has 1 aliphatic carbocycles. The molecule has 136 valence electrons. The lowest BCUT2D eigenvalue weighted by Gasteiger charge is -2.29. The highest BCUT2D eigenvalue weighted by molar-refractivity contribution is 8.01. The van der Waals surface area contributed by atoms with Gasteiger partial charge in [0.1, 0.15) is 22.2 Å². The molecular formula is C20H21FN2OS2. The standard InChI is InChI=1S/C20H21FN2OS2/c1-11-3-5-14-17(7-11)26-20-18(14)19(22-10-23-20)25-9-16(24)13-4-6-15(21)12(2)8-13/h4,6,8,10-11,14,17H,3,5,7,9H2,1-2H3. The van der Waals surface area contributed by atoms with E-state index >= 15 is 0 Å². The van der Waals surface area contributed by atoms with E-state index in [0.717, 1.165) is 16.0 Å². The van der Waals surface area contributed by atoms with Gasteiger partial charge in [-0.1, -0.05) is 25.1 Å². The molecule has 1 fully saturated rings. The zero-order chi connectivity index (χ0) is 18.3. The van der Waals surface area contributed by atoms with Gasteiger partial charge in [0.15, 0.2) is 5.78 Å². The summed E-state index contributed by atoms with van der Waals surface area (Å²) in [5, 5.41) is 2.63. The van der Waals surface area contributed by atoms with Crippen molar-refractivity contribution in [1.82, 2.24) is 9.97 Å². The summed E-state index contributed by atoms with van der Waals surface area (Å²) < 4.78 is 13.4. The highest BCUT2D eigenvalue weighted by Crippen LogP contribution is 2.54. The maximum absolute atomic E-state index is 13.4. The van der Waals surface area contributed by atoms with E-state index in [1.165, 1.54) is 42.7 Å². The van der Waals surface area contributed by atoms with Crippen LogP contribution in [0.5, 0.6) is 0 Å². The fourth-order valence-corrected chi connectivity index (χ4v) is 6.51. The predicted molar refractivity (Wildman–Crippen MR) is 104 cm³/mol. The molecule has 0 N–H and O–H groups in total. The van der Waals surface area contributed by atoms with Gasteiger partial charge in [-0.2, -0.15) is 0 Å². The van der Waals surface area contributed by atoms with Crippen molar-refractivity contribution in [3.63, 3.8) is 0 Å². The Morgan fingerprint density at radius 3 is 3.00 bits per heavy atom. The zero-order valence-electron chi connectivity index (χ0n) is 14.9. The number of carbonyl (C=O) groups is 1. The van der Waals surface area contributed by atoms with Crippen LogP contribution in [-0.2, 0) is 0 Å². The molecule has 6 heteroatoms. The van der Waals surface area contributed by atoms with E-state index < -0.39 is 0 Å². The lowest BCUT2D eigenvalue weighted by molar-refractivity contribution is 0.102. The Kier molecular flexibility index (Phi) is 5.06. The molecule has 2 aliphatic rings. The van der Waals surface area contributed by atoms with E-state index in [-0.39, 0.29) is 11.6 Å². The van der Waals surface area contributed by atoms with E-state index in [9.17, 15) is 9.18 Å². The van der Waals surface area contributed by atoms with Crippen molar-refractivity contribution in [2.75, 3.05) is 5.75 Å². The van der Waals surface area contributed by atoms with Crippen molar-refractivity contribution in [2.45, 2.75) is 54.3 Å². The average Bonchev–Trinajstić information content (AvgIpc) is 2.99. The summed E-state index contributed by atoms with van der Waals surface area (Å²) in [5.74, 6) is 1.32. The number of halogens is 1. The van der Waals surface area contributed by atoms with Crippen molar-refractivity contribution < 1.29 is 9.18 Å². The molecule has 1 aliphatic heterocycles. The Morgan fingerprint density at radius 1 is 1.35 bits per heavy atom. The predicted octanol–water partition coefficient (Wildman–Crippen LogP) is 5.28. The van der Waals surface area contributed by atoms with Gasteiger partial charge in [0.05, 0.1) is 5.75 Å². The van der Waals surface area contributed by atoms with Crippen LogP contribution in [0.1, 0.15) is 53.6 Å². The highest BCUT2D eigenvalue weighted by atomic mass is 32.2. The summed E-state index contributed by atoms with van der Waals surface area (Å²) in [4.78, 5) is 21.5. The maximum atomic E-state index is 13.4. The topological polar surface area (TPSA) is 42.9 Å². The quantitative estimate of drug-likeness (QED) is 0.405. The second-order valence-electron chi connectivity index (χ2n) is 7.25. The third-order valence-electron chi connectivity index (χ3n) is 5.32. The number of fused-ring (bicyclic) bond motifs is 3. The third kappa shape index (κ3) is 3.41. The van der Waals surface area contributed by atoms with Gasteiger partial charge in [0.2, 0.25) is 0 Å². The largest absolute Gasteiger partial charge is 0.293 e. The molecular weight excluding hydrogens is 367 g/mol. The molecule has 0 spiro atoms. The first-order valence-corrected chi connectivity index (χ1v) is 10.8. The van der Waals surface area contributed by atoms with Crippen LogP contribution >= 0.6 is 23.5 Å². The summed E-state index contributed by atoms with van der Waals surface area (Å²) in [6.45, 7) is 4.00. The molecule has 26 heavy (non-hydrogen) atoms. The van der Waals surface area contributed by atoms with Crippen molar-refractivity contribution in [1.29, 1.82) is 0 Å². The van der Waals surface area contributed by atoms with Crippen LogP contribution in [0.25, 0.3) is 0 Å². The molecule has 1 aromatic heterocycles. The minimum atomic E-state index is -0.280. The van der Waals surface area contributed by atoms with E-state index in [2.05, 4.69) is 16.9 Å². The van der Waals surface area contributed by atoms with Crippen LogP contribution in [0.15, 0.2) is 34.6 Å². The molecule has 0 saturated heterocycles. The van der Waals surface area contributed by atoms with Crippen LogP contribution in [0, 0.1) is 18.7 Å². The number of hydrogen-bond donors (Lipinski definition) is 0. The minimum absolute atomic E-state index is 0.00456. The van der Waals surface area contributed by atoms with Gasteiger partial charge in [-0.15, -0.1) is 11.8 Å². The number of carbonyl (C=O) groups excluding carboxylic acids is 1. The van der Waals surface area contributed by atoms with E-state index in [4.69, 9.17) is 0 Å². The first kappa shape index (κ1) is 18.0. The Bertz CT molecular complexity index is 858. The van der Waals surface area contributed by atoms with Crippen LogP contribution in [0.4, 0.5) is 4.39 Å². The van der Waals surface area contributed by atoms with Gasteiger partial charge in [0.25, 0.3) is 0 Å². The highest BCUT2D eigenvalue weighted by Gasteiger charge is 2.40. The first-order chi connectivity index (χ1) is 12.5. The molecule has 4 rings (SSSR count). The normalized spacial score (nSPS) is 24.2. The van der Waals surface area contributed by atoms with Crippen LogP contribution < -0.4 is 0 Å². The molecule has 3 nitrogen and oxygen atoms in total. The second-order valence-corrected chi connectivity index (χ2v) is 9.45. The smallest absolute Gasteiger partial charge is 0.173 e. The molecule has 1 saturated carbocycles. The van der Waals surface area contributed by atoms with Crippen molar-refractivity contribution >= 4 is 29.3 Å². The van der Waals surface area contributed by atoms with E-state index in [1.54, 1.807) is 25.4 Å².